The van der Waals surface area contributed by atoms with Gasteiger partial charge in [-0.1, -0.05) is 18.2 Å². The van der Waals surface area contributed by atoms with E-state index < -0.39 is 36.1 Å². The fourth-order valence-electron chi connectivity index (χ4n) is 2.33. The number of aromatic amines is 1. The number of amides is 1. The molecule has 0 saturated heterocycles. The van der Waals surface area contributed by atoms with E-state index in [-0.39, 0.29) is 10.8 Å². The van der Waals surface area contributed by atoms with Gasteiger partial charge in [-0.05, 0) is 23.6 Å². The molecule has 3 aromatic rings. The number of hydrogen-bond donors (Lipinski definition) is 2. The maximum absolute atomic E-state index is 12.3. The number of nitrogens with one attached hydrogen (secondary N) is 2. The Bertz CT molecular complexity index is 1050. The number of carbonyl (C=O) groups is 2. The monoisotopic (exact) mass is 373 g/mol. The molecular weight excluding hydrogens is 358 g/mol. The standard InChI is InChI=1S/C17H15N3O5S/c21-14(18-8-11-4-3-7-26-11)10-25-15(22)9-20-17(24)13-6-2-1-5-12(13)16(23)19-20/h1-7H,8-10H2,(H,18,21)(H,19,23). The van der Waals surface area contributed by atoms with E-state index >= 15 is 0 Å². The maximum Gasteiger partial charge on any atom is 0.328 e. The van der Waals surface area contributed by atoms with Gasteiger partial charge in [0, 0.05) is 4.88 Å². The van der Waals surface area contributed by atoms with Crippen LogP contribution in [0.2, 0.25) is 0 Å². The Morgan fingerprint density at radius 2 is 1.88 bits per heavy atom. The summed E-state index contributed by atoms with van der Waals surface area (Å²) in [5.74, 6) is -1.25. The predicted molar refractivity (Wildman–Crippen MR) is 96.0 cm³/mol. The molecule has 0 atom stereocenters. The molecule has 0 aliphatic carbocycles. The zero-order chi connectivity index (χ0) is 18.5. The minimum absolute atomic E-state index is 0.206. The van der Waals surface area contributed by atoms with Gasteiger partial charge in [-0.2, -0.15) is 0 Å². The molecule has 134 valence electrons. The summed E-state index contributed by atoms with van der Waals surface area (Å²) < 4.78 is 5.73. The fourth-order valence-corrected chi connectivity index (χ4v) is 2.97. The van der Waals surface area contributed by atoms with Gasteiger partial charge < -0.3 is 10.1 Å². The molecule has 0 unspecified atom stereocenters. The average molecular weight is 373 g/mol. The lowest BCUT2D eigenvalue weighted by atomic mass is 10.2. The molecular formula is C17H15N3O5S. The molecule has 0 radical (unpaired) electrons. The molecule has 0 spiro atoms. The van der Waals surface area contributed by atoms with E-state index in [0.717, 1.165) is 9.56 Å². The van der Waals surface area contributed by atoms with Crippen LogP contribution in [0.3, 0.4) is 0 Å². The molecule has 2 heterocycles. The Kier molecular flexibility index (Phi) is 5.28. The summed E-state index contributed by atoms with van der Waals surface area (Å²) in [6.07, 6.45) is 0. The molecule has 0 bridgehead atoms. The van der Waals surface area contributed by atoms with Gasteiger partial charge in [0.1, 0.15) is 6.54 Å². The average Bonchev–Trinajstić information content (AvgIpc) is 3.16. The smallest absolute Gasteiger partial charge is 0.328 e. The molecule has 2 aromatic heterocycles. The third-order valence-corrected chi connectivity index (χ3v) is 4.45. The van der Waals surface area contributed by atoms with E-state index in [1.165, 1.54) is 23.5 Å². The minimum atomic E-state index is -0.802. The lowest BCUT2D eigenvalue weighted by molar-refractivity contribution is -0.149. The first kappa shape index (κ1) is 17.6. The number of benzene rings is 1. The number of thiophene rings is 1. The van der Waals surface area contributed by atoms with Gasteiger partial charge in [0.2, 0.25) is 0 Å². The van der Waals surface area contributed by atoms with E-state index in [2.05, 4.69) is 10.4 Å². The summed E-state index contributed by atoms with van der Waals surface area (Å²) in [7, 11) is 0. The molecule has 2 N–H and O–H groups in total. The van der Waals surface area contributed by atoms with Gasteiger partial charge in [0.25, 0.3) is 17.0 Å². The van der Waals surface area contributed by atoms with Crippen molar-refractivity contribution in [2.24, 2.45) is 0 Å². The van der Waals surface area contributed by atoms with E-state index in [4.69, 9.17) is 4.74 Å². The Hall–Kier alpha value is -3.20. The largest absolute Gasteiger partial charge is 0.454 e. The van der Waals surface area contributed by atoms with Crippen LogP contribution in [0.4, 0.5) is 0 Å². The topological polar surface area (TPSA) is 110 Å². The molecule has 1 amide bonds. The summed E-state index contributed by atoms with van der Waals surface area (Å²) in [5.41, 5.74) is -0.999. The highest BCUT2D eigenvalue weighted by atomic mass is 32.1. The van der Waals surface area contributed by atoms with Crippen molar-refractivity contribution >= 4 is 34.0 Å². The Morgan fingerprint density at radius 3 is 2.62 bits per heavy atom. The summed E-state index contributed by atoms with van der Waals surface area (Å²) in [5, 5.41) is 7.29. The zero-order valence-electron chi connectivity index (χ0n) is 13.6. The van der Waals surface area contributed by atoms with Gasteiger partial charge in [-0.25, -0.2) is 4.68 Å². The molecule has 3 rings (SSSR count). The van der Waals surface area contributed by atoms with Crippen molar-refractivity contribution < 1.29 is 14.3 Å². The van der Waals surface area contributed by atoms with Crippen molar-refractivity contribution in [3.05, 3.63) is 67.4 Å². The number of esters is 1. The van der Waals surface area contributed by atoms with Crippen molar-refractivity contribution in [1.29, 1.82) is 0 Å². The SMILES string of the molecule is O=C(COC(=O)Cn1[nH]c(=O)c2ccccc2c1=O)NCc1cccs1. The van der Waals surface area contributed by atoms with Crippen LogP contribution in [0, 0.1) is 0 Å². The number of aromatic nitrogens is 2. The molecule has 26 heavy (non-hydrogen) atoms. The number of rotatable bonds is 6. The van der Waals surface area contributed by atoms with E-state index in [1.807, 2.05) is 17.5 Å². The van der Waals surface area contributed by atoms with Crippen molar-refractivity contribution in [3.63, 3.8) is 0 Å². The van der Waals surface area contributed by atoms with E-state index in [9.17, 15) is 19.2 Å². The third-order valence-electron chi connectivity index (χ3n) is 3.58. The van der Waals surface area contributed by atoms with Gasteiger partial charge in [-0.3, -0.25) is 24.3 Å². The number of H-pyrrole nitrogens is 1. The number of hydrogen-bond acceptors (Lipinski definition) is 6. The molecule has 9 heteroatoms. The number of ether oxygens (including phenoxy) is 1. The highest BCUT2D eigenvalue weighted by Gasteiger charge is 2.12. The van der Waals surface area contributed by atoms with Gasteiger partial charge in [0.05, 0.1) is 17.3 Å². The van der Waals surface area contributed by atoms with Gasteiger partial charge in [0.15, 0.2) is 6.61 Å². The van der Waals surface area contributed by atoms with Crippen LogP contribution in [-0.4, -0.2) is 28.3 Å². The second-order valence-electron chi connectivity index (χ2n) is 5.39. The summed E-state index contributed by atoms with van der Waals surface area (Å²) in [6.45, 7) is -0.598. The highest BCUT2D eigenvalue weighted by Crippen LogP contribution is 2.07. The molecule has 0 fully saturated rings. The second-order valence-corrected chi connectivity index (χ2v) is 6.43. The summed E-state index contributed by atoms with van der Waals surface area (Å²) in [6, 6.07) is 10.0. The Morgan fingerprint density at radius 1 is 1.12 bits per heavy atom. The Labute approximate surface area is 151 Å². The van der Waals surface area contributed by atoms with Crippen LogP contribution in [0.15, 0.2) is 51.4 Å². The predicted octanol–water partition coefficient (Wildman–Crippen LogP) is 0.611. The third kappa shape index (κ3) is 4.06. The normalized spacial score (nSPS) is 10.6. The fraction of sp³-hybridized carbons (Fsp3) is 0.176. The molecule has 0 saturated carbocycles. The Balaban J connectivity index is 1.59. The summed E-state index contributed by atoms with van der Waals surface area (Å²) in [4.78, 5) is 48.8. The van der Waals surface area contributed by atoms with Crippen molar-refractivity contribution in [2.75, 3.05) is 6.61 Å². The van der Waals surface area contributed by atoms with Crippen LogP contribution in [0.1, 0.15) is 4.88 Å². The van der Waals surface area contributed by atoms with E-state index in [0.29, 0.717) is 6.54 Å². The number of nitrogens with zero attached hydrogens (tertiary/aromatic N) is 1. The molecule has 0 aliphatic heterocycles. The van der Waals surface area contributed by atoms with Crippen LogP contribution < -0.4 is 16.4 Å². The summed E-state index contributed by atoms with van der Waals surface area (Å²) >= 11 is 1.50. The van der Waals surface area contributed by atoms with Crippen molar-refractivity contribution in [1.82, 2.24) is 15.1 Å². The minimum Gasteiger partial charge on any atom is -0.454 e. The van der Waals surface area contributed by atoms with Crippen LogP contribution >= 0.6 is 11.3 Å². The molecule has 0 aliphatic rings. The van der Waals surface area contributed by atoms with Crippen LogP contribution in [0.25, 0.3) is 10.8 Å². The quantitative estimate of drug-likeness (QED) is 0.615. The number of carbonyl (C=O) groups excluding carboxylic acids is 2. The highest BCUT2D eigenvalue weighted by molar-refractivity contribution is 7.09. The van der Waals surface area contributed by atoms with Gasteiger partial charge in [-0.15, -0.1) is 11.3 Å². The van der Waals surface area contributed by atoms with Crippen LogP contribution in [-0.2, 0) is 27.4 Å². The first-order chi connectivity index (χ1) is 12.5. The first-order valence-electron chi connectivity index (χ1n) is 7.71. The first-order valence-corrected chi connectivity index (χ1v) is 8.59. The lowest BCUT2D eigenvalue weighted by Gasteiger charge is -2.08. The van der Waals surface area contributed by atoms with Crippen molar-refractivity contribution in [2.45, 2.75) is 13.1 Å². The lowest BCUT2D eigenvalue weighted by Crippen LogP contribution is -2.34. The van der Waals surface area contributed by atoms with E-state index in [1.54, 1.807) is 12.1 Å². The van der Waals surface area contributed by atoms with Crippen LogP contribution in [0.5, 0.6) is 0 Å². The number of fused-ring (bicyclic) bond motifs is 1. The van der Waals surface area contributed by atoms with Crippen molar-refractivity contribution in [3.8, 4) is 0 Å². The maximum atomic E-state index is 12.3. The second kappa shape index (κ2) is 7.79. The molecule has 1 aromatic carbocycles. The zero-order valence-corrected chi connectivity index (χ0v) is 14.4. The van der Waals surface area contributed by atoms with Gasteiger partial charge >= 0.3 is 5.97 Å². The molecule has 8 nitrogen and oxygen atoms in total.